The zero-order chi connectivity index (χ0) is 59.0. The molecule has 1 aromatic heterocycles. The van der Waals surface area contributed by atoms with E-state index >= 15 is 0 Å². The summed E-state index contributed by atoms with van der Waals surface area (Å²) in [7, 11) is 0. The van der Waals surface area contributed by atoms with Crippen LogP contribution in [0.5, 0.6) is 0 Å². The summed E-state index contributed by atoms with van der Waals surface area (Å²) in [5.74, 6) is -0.449. The number of esters is 1. The fourth-order valence-corrected chi connectivity index (χ4v) is 8.01. The molecule has 0 spiro atoms. The summed E-state index contributed by atoms with van der Waals surface area (Å²) >= 11 is 0. The van der Waals surface area contributed by atoms with Crippen molar-refractivity contribution in [3.63, 3.8) is 0 Å². The van der Waals surface area contributed by atoms with Crippen LogP contribution in [0.2, 0.25) is 0 Å². The molecule has 1 heterocycles. The Kier molecular flexibility index (Phi) is 17.3. The van der Waals surface area contributed by atoms with Crippen molar-refractivity contribution in [3.05, 3.63) is 183 Å². The second-order valence-electron chi connectivity index (χ2n) is 16.9. The average Bonchev–Trinajstić information content (AvgIpc) is 3.40. The molecule has 0 saturated carbocycles. The summed E-state index contributed by atoms with van der Waals surface area (Å²) in [6, 6.07) is 5.42. The highest BCUT2D eigenvalue weighted by atomic mass is 19.4. The molecule has 78 heavy (non-hydrogen) atoms. The summed E-state index contributed by atoms with van der Waals surface area (Å²) in [6.07, 6.45) is -52.3. The summed E-state index contributed by atoms with van der Waals surface area (Å²) in [5.41, 5.74) is -29.2. The molecular formula is C49H30BF24NO3. The molecule has 0 aliphatic heterocycles. The summed E-state index contributed by atoms with van der Waals surface area (Å²) in [6.45, 7) is 2.42. The van der Waals surface area contributed by atoms with Gasteiger partial charge in [-0.1, -0.05) is 85.8 Å². The number of carbonyl (C=O) groups excluding carboxylic acids is 2. The van der Waals surface area contributed by atoms with E-state index in [0.717, 1.165) is 6.42 Å². The third-order valence-corrected chi connectivity index (χ3v) is 11.4. The van der Waals surface area contributed by atoms with Crippen LogP contribution in [0.25, 0.3) is 0 Å². The van der Waals surface area contributed by atoms with Gasteiger partial charge in [-0.2, -0.15) is 132 Å². The maximum Gasteiger partial charge on any atom is 0.416 e. The number of Topliss-reactive ketones (excluding diaryl/α,β-unsaturated/α-hetero) is 1. The first kappa shape index (κ1) is 61.6. The molecule has 0 atom stereocenters. The third kappa shape index (κ3) is 14.5. The zero-order valence-electron chi connectivity index (χ0n) is 38.6. The normalized spacial score (nSPS) is 13.2. The van der Waals surface area contributed by atoms with Crippen molar-refractivity contribution in [1.29, 1.82) is 0 Å². The van der Waals surface area contributed by atoms with Gasteiger partial charge < -0.3 is 4.74 Å². The van der Waals surface area contributed by atoms with Crippen LogP contribution in [0.4, 0.5) is 105 Å². The van der Waals surface area contributed by atoms with Crippen molar-refractivity contribution in [2.45, 2.75) is 69.3 Å². The molecule has 6 rings (SSSR count). The first-order valence-electron chi connectivity index (χ1n) is 21.6. The van der Waals surface area contributed by atoms with Gasteiger partial charge in [0, 0.05) is 17.7 Å². The lowest BCUT2D eigenvalue weighted by Gasteiger charge is -2.46. The van der Waals surface area contributed by atoms with Crippen molar-refractivity contribution in [2.24, 2.45) is 0 Å². The van der Waals surface area contributed by atoms with Crippen LogP contribution < -0.4 is 26.4 Å². The van der Waals surface area contributed by atoms with Gasteiger partial charge in [0.2, 0.25) is 12.3 Å². The fourth-order valence-electron chi connectivity index (χ4n) is 8.01. The van der Waals surface area contributed by atoms with Crippen LogP contribution in [0, 0.1) is 0 Å². The van der Waals surface area contributed by atoms with Gasteiger partial charge in [0.25, 0.3) is 5.69 Å². The summed E-state index contributed by atoms with van der Waals surface area (Å²) in [5, 5.41) is 0. The van der Waals surface area contributed by atoms with Crippen LogP contribution in [0.15, 0.2) is 128 Å². The number of benzene rings is 5. The minimum atomic E-state index is -6.13. The lowest BCUT2D eigenvalue weighted by molar-refractivity contribution is -0.685. The quantitative estimate of drug-likeness (QED) is 0.0451. The van der Waals surface area contributed by atoms with E-state index < -0.39 is 201 Å². The Morgan fingerprint density at radius 3 is 0.923 bits per heavy atom. The van der Waals surface area contributed by atoms with Crippen molar-refractivity contribution >= 4 is 39.7 Å². The summed E-state index contributed by atoms with van der Waals surface area (Å²) < 4.78 is 348. The number of hydrogen-bond acceptors (Lipinski definition) is 3. The number of ketones is 1. The van der Waals surface area contributed by atoms with Gasteiger partial charge >= 0.3 is 55.4 Å². The predicted molar refractivity (Wildman–Crippen MR) is 228 cm³/mol. The smallest absolute Gasteiger partial charge is 0.416 e. The largest absolute Gasteiger partial charge is 0.458 e. The monoisotopic (exact) mass is 1150 g/mol. The molecule has 0 bridgehead atoms. The second-order valence-corrected chi connectivity index (χ2v) is 16.9. The van der Waals surface area contributed by atoms with Gasteiger partial charge in [0.05, 0.1) is 51.1 Å². The number of pyridine rings is 1. The first-order valence-corrected chi connectivity index (χ1v) is 21.6. The molecule has 0 saturated heterocycles. The molecule has 29 heteroatoms. The first-order chi connectivity index (χ1) is 35.5. The molecule has 0 aliphatic carbocycles. The van der Waals surface area contributed by atoms with E-state index in [0.29, 0.717) is 17.9 Å². The minimum Gasteiger partial charge on any atom is -0.458 e. The Labute approximate surface area is 422 Å². The second kappa shape index (κ2) is 21.9. The Bertz CT molecular complexity index is 2690. The molecule has 0 amide bonds. The van der Waals surface area contributed by atoms with Gasteiger partial charge in [-0.05, 0) is 36.8 Å². The maximum atomic E-state index is 14.2. The molecule has 0 N–H and O–H groups in total. The SMILES string of the molecule is CCCOC(=O)c1cccc[n+]1CC(=O)c1ccccc1.FC(F)(F)c1cc([B-](c2cc(C(F)(F)F)cc(C(F)(F)F)c2)(c2cc(C(F)(F)F)cc(C(F)(F)F)c2)c2cc(C(F)(F)F)cc(C(F)(F)F)c2)cc(C(F)(F)F)c1. The van der Waals surface area contributed by atoms with Crippen molar-refractivity contribution in [3.8, 4) is 0 Å². The van der Waals surface area contributed by atoms with E-state index in [1.807, 2.05) is 25.1 Å². The number of alkyl halides is 24. The zero-order valence-corrected chi connectivity index (χ0v) is 38.6. The van der Waals surface area contributed by atoms with Gasteiger partial charge in [-0.15, -0.1) is 0 Å². The van der Waals surface area contributed by atoms with Crippen LogP contribution in [-0.4, -0.2) is 24.5 Å². The standard InChI is InChI=1S/C32H12BF24.C17H18NO3/c34-25(35,36)13-1-14(26(37,38)39)6-21(5-13)33(22-7-15(27(40,41)42)2-16(8-22)28(43,44)45,23-9-17(29(46,47)48)3-18(10-23)30(49,50)51)24-11-19(31(52,53)54)4-20(12-24)32(55,56)57;1-2-12-21-17(20)15-10-6-7-11-18(15)13-16(19)14-8-4-3-5-9-14/h1-12H;3-11H,2,12-13H2,1H3/q-1;+1. The fraction of sp³-hybridized carbons (Fsp3) is 0.245. The Hall–Kier alpha value is -7.23. The molecule has 5 aromatic carbocycles. The van der Waals surface area contributed by atoms with E-state index in [2.05, 4.69) is 0 Å². The highest BCUT2D eigenvalue weighted by Gasteiger charge is 2.47. The molecule has 0 radical (unpaired) electrons. The van der Waals surface area contributed by atoms with Crippen molar-refractivity contribution < 1.29 is 124 Å². The van der Waals surface area contributed by atoms with E-state index in [1.165, 1.54) is 0 Å². The predicted octanol–water partition coefficient (Wildman–Crippen LogP) is 13.6. The molecule has 6 aromatic rings. The highest BCUT2D eigenvalue weighted by Crippen LogP contribution is 2.41. The number of nitrogens with zero attached hydrogens (tertiary/aromatic N) is 1. The lowest BCUT2D eigenvalue weighted by Crippen LogP contribution is -2.75. The molecular weight excluding hydrogens is 1120 g/mol. The summed E-state index contributed by atoms with van der Waals surface area (Å²) in [4.78, 5) is 24.2. The van der Waals surface area contributed by atoms with E-state index in [9.17, 15) is 115 Å². The number of carbonyl (C=O) groups is 2. The van der Waals surface area contributed by atoms with E-state index in [-0.39, 0.29) is 12.3 Å². The van der Waals surface area contributed by atoms with Crippen LogP contribution >= 0.6 is 0 Å². The topological polar surface area (TPSA) is 47.2 Å². The number of hydrogen-bond donors (Lipinski definition) is 0. The lowest BCUT2D eigenvalue weighted by atomic mass is 9.12. The van der Waals surface area contributed by atoms with Crippen molar-refractivity contribution in [2.75, 3.05) is 6.61 Å². The number of aromatic nitrogens is 1. The Morgan fingerprint density at radius 1 is 0.397 bits per heavy atom. The number of rotatable bonds is 10. The minimum absolute atomic E-state index is 0.0451. The van der Waals surface area contributed by atoms with E-state index in [1.54, 1.807) is 41.1 Å². The van der Waals surface area contributed by atoms with Crippen LogP contribution in [0.3, 0.4) is 0 Å². The van der Waals surface area contributed by atoms with Crippen LogP contribution in [0.1, 0.15) is 78.7 Å². The molecule has 0 fully saturated rings. The van der Waals surface area contributed by atoms with Gasteiger partial charge in [0.15, 0.2) is 6.20 Å². The maximum absolute atomic E-state index is 14.2. The van der Waals surface area contributed by atoms with E-state index in [4.69, 9.17) is 4.74 Å². The highest BCUT2D eigenvalue weighted by molar-refractivity contribution is 7.20. The van der Waals surface area contributed by atoms with Crippen molar-refractivity contribution in [1.82, 2.24) is 0 Å². The molecule has 4 nitrogen and oxygen atoms in total. The molecule has 0 aliphatic rings. The Morgan fingerprint density at radius 2 is 0.667 bits per heavy atom. The Balaban J connectivity index is 0.000000443. The number of halogens is 24. The van der Waals surface area contributed by atoms with Crippen LogP contribution in [-0.2, 0) is 60.7 Å². The average molecular weight is 1150 g/mol. The third-order valence-electron chi connectivity index (χ3n) is 11.4. The van der Waals surface area contributed by atoms with Gasteiger partial charge in [0.1, 0.15) is 6.15 Å². The molecule has 420 valence electrons. The number of ether oxygens (including phenoxy) is 1. The van der Waals surface area contributed by atoms with Gasteiger partial charge in [-0.3, -0.25) is 4.79 Å². The van der Waals surface area contributed by atoms with Gasteiger partial charge in [-0.25, -0.2) is 4.79 Å². The molecule has 0 unspecified atom stereocenters.